The number of nitrogens with zero attached hydrogens (tertiary/aromatic N) is 3. The van der Waals surface area contributed by atoms with Crippen LogP contribution in [0.3, 0.4) is 0 Å². The van der Waals surface area contributed by atoms with E-state index < -0.39 is 0 Å². The molecular weight excluding hydrogens is 611 g/mol. The summed E-state index contributed by atoms with van der Waals surface area (Å²) < 4.78 is 10.7. The second-order valence-corrected chi connectivity index (χ2v) is 12.7. The monoisotopic (exact) mass is 637 g/mol. The van der Waals surface area contributed by atoms with Crippen molar-refractivity contribution in [3.8, 4) is 56.7 Å². The maximum Gasteiger partial charge on any atom is 0.307 e. The largest absolute Gasteiger partial charge is 0.504 e. The fourth-order valence-corrected chi connectivity index (χ4v) is 7.59. The van der Waals surface area contributed by atoms with E-state index in [9.17, 15) is 5.11 Å². The molecule has 0 saturated carbocycles. The van der Waals surface area contributed by atoms with Crippen molar-refractivity contribution in [3.63, 3.8) is 0 Å². The van der Waals surface area contributed by atoms with E-state index in [2.05, 4.69) is 77.8 Å². The van der Waals surface area contributed by atoms with Gasteiger partial charge in [0.2, 0.25) is 0 Å². The number of pyridine rings is 1. The topological polar surface area (TPSA) is 60.2 Å². The Balaban J connectivity index is 1.27. The number of rotatable bonds is 6. The van der Waals surface area contributed by atoms with E-state index in [1.165, 1.54) is 0 Å². The van der Waals surface area contributed by atoms with Crippen LogP contribution in [0, 0.1) is 0 Å². The lowest BCUT2D eigenvalue weighted by Gasteiger charge is -2.12. The van der Waals surface area contributed by atoms with Crippen LogP contribution in [-0.2, 0) is 0 Å². The maximum absolute atomic E-state index is 11.2. The molecule has 6 heteroatoms. The zero-order chi connectivity index (χ0) is 32.0. The van der Waals surface area contributed by atoms with Gasteiger partial charge < -0.3 is 9.84 Å². The second-order valence-electron chi connectivity index (χ2n) is 11.6. The van der Waals surface area contributed by atoms with E-state index in [1.54, 1.807) is 17.4 Å². The van der Waals surface area contributed by atoms with Gasteiger partial charge in [0, 0.05) is 32.8 Å². The maximum atomic E-state index is 11.2. The third-order valence-electron chi connectivity index (χ3n) is 8.65. The van der Waals surface area contributed by atoms with Crippen LogP contribution < -0.4 is 4.74 Å². The number of ether oxygens (including phenoxy) is 1. The number of thiophene rings is 1. The van der Waals surface area contributed by atoms with Gasteiger partial charge in [0.05, 0.1) is 21.6 Å². The van der Waals surface area contributed by atoms with E-state index in [0.29, 0.717) is 11.8 Å². The molecule has 9 aromatic rings. The van der Waals surface area contributed by atoms with E-state index in [1.807, 2.05) is 83.6 Å². The highest BCUT2D eigenvalue weighted by molar-refractivity contribution is 7.26. The molecule has 0 unspecified atom stereocenters. The standard InChI is InChI=1S/C42H27N3O2S/c46-37-22-21-34-33-16-7-8-20-38(33)48-41(34)40(37)47-42-44-39-32(17-11-19-36(39)45(42)31-14-5-2-6-15-31)29-24-28(27-12-3-1-4-13-27)25-30(26-29)35-18-9-10-23-43-35/h1-26,46H. The number of fused-ring (bicyclic) bond motifs is 4. The highest BCUT2D eigenvalue weighted by Gasteiger charge is 2.22. The van der Waals surface area contributed by atoms with Crippen molar-refractivity contribution in [1.82, 2.24) is 14.5 Å². The lowest BCUT2D eigenvalue weighted by Crippen LogP contribution is -1.98. The predicted octanol–water partition coefficient (Wildman–Crippen LogP) is 11.3. The van der Waals surface area contributed by atoms with Crippen molar-refractivity contribution < 1.29 is 9.84 Å². The Morgan fingerprint density at radius 1 is 0.604 bits per heavy atom. The summed E-state index contributed by atoms with van der Waals surface area (Å²) in [5.41, 5.74) is 8.69. The van der Waals surface area contributed by atoms with E-state index >= 15 is 0 Å². The van der Waals surface area contributed by atoms with Crippen LogP contribution in [0.15, 0.2) is 158 Å². The van der Waals surface area contributed by atoms with Crippen LogP contribution in [0.2, 0.25) is 0 Å². The average Bonchev–Trinajstić information content (AvgIpc) is 3.72. The number of aromatic hydroxyl groups is 1. The van der Waals surface area contributed by atoms with Gasteiger partial charge in [0.1, 0.15) is 5.52 Å². The highest BCUT2D eigenvalue weighted by atomic mass is 32.1. The first-order valence-electron chi connectivity index (χ1n) is 15.7. The first-order chi connectivity index (χ1) is 23.7. The Morgan fingerprint density at radius 3 is 2.19 bits per heavy atom. The smallest absolute Gasteiger partial charge is 0.307 e. The summed E-state index contributed by atoms with van der Waals surface area (Å²) in [7, 11) is 0. The average molecular weight is 638 g/mol. The van der Waals surface area contributed by atoms with Crippen LogP contribution in [-0.4, -0.2) is 19.6 Å². The van der Waals surface area contributed by atoms with Crippen molar-refractivity contribution in [2.75, 3.05) is 0 Å². The molecule has 0 bridgehead atoms. The number of hydrogen-bond acceptors (Lipinski definition) is 5. The van der Waals surface area contributed by atoms with E-state index in [-0.39, 0.29) is 5.75 Å². The van der Waals surface area contributed by atoms with Crippen molar-refractivity contribution in [2.45, 2.75) is 0 Å². The quantitative estimate of drug-likeness (QED) is 0.197. The summed E-state index contributed by atoms with van der Waals surface area (Å²) in [5.74, 6) is 0.461. The van der Waals surface area contributed by atoms with Crippen LogP contribution in [0.4, 0.5) is 0 Å². The molecule has 3 aromatic heterocycles. The van der Waals surface area contributed by atoms with Crippen molar-refractivity contribution >= 4 is 42.5 Å². The number of imidazole rings is 1. The summed E-state index contributed by atoms with van der Waals surface area (Å²) in [6.45, 7) is 0. The normalized spacial score (nSPS) is 11.4. The third-order valence-corrected chi connectivity index (χ3v) is 9.84. The Bertz CT molecular complexity index is 2540. The molecule has 3 heterocycles. The molecule has 0 aliphatic heterocycles. The first-order valence-corrected chi connectivity index (χ1v) is 16.5. The number of aromatic nitrogens is 3. The molecule has 0 atom stereocenters. The molecule has 1 N–H and O–H groups in total. The molecule has 9 rings (SSSR count). The zero-order valence-electron chi connectivity index (χ0n) is 25.6. The fraction of sp³-hybridized carbons (Fsp3) is 0. The van der Waals surface area contributed by atoms with Crippen molar-refractivity contribution in [3.05, 3.63) is 158 Å². The molecule has 0 fully saturated rings. The number of para-hydroxylation sites is 2. The van der Waals surface area contributed by atoms with E-state index in [4.69, 9.17) is 9.72 Å². The predicted molar refractivity (Wildman–Crippen MR) is 196 cm³/mol. The van der Waals surface area contributed by atoms with Gasteiger partial charge in [0.25, 0.3) is 0 Å². The molecule has 48 heavy (non-hydrogen) atoms. The molecule has 6 aromatic carbocycles. The van der Waals surface area contributed by atoms with Crippen LogP contribution in [0.1, 0.15) is 0 Å². The molecular formula is C42H27N3O2S. The fourth-order valence-electron chi connectivity index (χ4n) is 6.41. The Morgan fingerprint density at radius 2 is 1.35 bits per heavy atom. The van der Waals surface area contributed by atoms with Gasteiger partial charge in [-0.1, -0.05) is 84.9 Å². The SMILES string of the molecule is Oc1ccc2c(sc3ccccc32)c1Oc1nc2c(-c3cc(-c4ccccc4)cc(-c4ccccn4)c3)cccc2n1-c1ccccc1. The van der Waals surface area contributed by atoms with Crippen molar-refractivity contribution in [1.29, 1.82) is 0 Å². The van der Waals surface area contributed by atoms with Crippen LogP contribution >= 0.6 is 11.3 Å². The number of hydrogen-bond donors (Lipinski definition) is 1. The third kappa shape index (κ3) is 4.78. The number of phenols is 1. The minimum Gasteiger partial charge on any atom is -0.504 e. The molecule has 0 spiro atoms. The summed E-state index contributed by atoms with van der Waals surface area (Å²) in [4.78, 5) is 9.86. The molecule has 0 radical (unpaired) electrons. The van der Waals surface area contributed by atoms with Gasteiger partial charge in [-0.25, -0.2) is 0 Å². The lowest BCUT2D eigenvalue weighted by molar-refractivity contribution is 0.394. The van der Waals surface area contributed by atoms with Gasteiger partial charge in [0.15, 0.2) is 11.5 Å². The van der Waals surface area contributed by atoms with Crippen LogP contribution in [0.5, 0.6) is 17.5 Å². The lowest BCUT2D eigenvalue weighted by atomic mass is 9.94. The Hall–Kier alpha value is -6.24. The Labute approximate surface area is 280 Å². The van der Waals surface area contributed by atoms with Crippen molar-refractivity contribution in [2.24, 2.45) is 0 Å². The molecule has 228 valence electrons. The Kier molecular flexibility index (Phi) is 6.73. The molecule has 0 aliphatic rings. The zero-order valence-corrected chi connectivity index (χ0v) is 26.4. The van der Waals surface area contributed by atoms with Gasteiger partial charge in [-0.2, -0.15) is 4.98 Å². The van der Waals surface area contributed by atoms with Gasteiger partial charge in [-0.05, 0) is 83.4 Å². The first kappa shape index (κ1) is 28.0. The van der Waals surface area contributed by atoms with E-state index in [0.717, 1.165) is 70.4 Å². The number of phenolic OH excluding ortho intramolecular Hbond substituents is 1. The summed E-state index contributed by atoms with van der Waals surface area (Å²) in [6, 6.07) is 51.5. The van der Waals surface area contributed by atoms with Gasteiger partial charge in [-0.3, -0.25) is 9.55 Å². The second kappa shape index (κ2) is 11.5. The summed E-state index contributed by atoms with van der Waals surface area (Å²) in [6.07, 6.45) is 1.82. The van der Waals surface area contributed by atoms with Gasteiger partial charge >= 0.3 is 6.01 Å². The minimum absolute atomic E-state index is 0.0662. The summed E-state index contributed by atoms with van der Waals surface area (Å²) in [5, 5.41) is 13.3. The molecule has 5 nitrogen and oxygen atoms in total. The minimum atomic E-state index is 0.0662. The number of benzene rings is 6. The highest BCUT2D eigenvalue weighted by Crippen LogP contribution is 2.46. The van der Waals surface area contributed by atoms with Gasteiger partial charge in [-0.15, -0.1) is 11.3 Å². The molecule has 0 amide bonds. The molecule has 0 aliphatic carbocycles. The summed E-state index contributed by atoms with van der Waals surface area (Å²) >= 11 is 1.60. The molecule has 0 saturated heterocycles. The van der Waals surface area contributed by atoms with Crippen LogP contribution in [0.25, 0.3) is 70.4 Å².